The van der Waals surface area contributed by atoms with Crippen molar-refractivity contribution in [2.75, 3.05) is 30.4 Å². The highest BCUT2D eigenvalue weighted by atomic mass is 35.5. The van der Waals surface area contributed by atoms with Crippen molar-refractivity contribution >= 4 is 29.0 Å². The van der Waals surface area contributed by atoms with Crippen LogP contribution in [0.5, 0.6) is 5.75 Å². The molecule has 0 bridgehead atoms. The Morgan fingerprint density at radius 3 is 2.40 bits per heavy atom. The van der Waals surface area contributed by atoms with Crippen LogP contribution in [0, 0.1) is 0 Å². The average molecular weight is 363 g/mol. The Kier molecular flexibility index (Phi) is 7.01. The van der Waals surface area contributed by atoms with Crippen molar-refractivity contribution < 1.29 is 9.53 Å². The number of amides is 1. The molecule has 1 N–H and O–H groups in total. The third-order valence-electron chi connectivity index (χ3n) is 3.60. The van der Waals surface area contributed by atoms with E-state index in [1.165, 1.54) is 7.11 Å². The molecule has 0 saturated carbocycles. The Morgan fingerprint density at radius 1 is 1.16 bits per heavy atom. The molecule has 1 heterocycles. The lowest BCUT2D eigenvalue weighted by Crippen LogP contribution is -2.26. The molecule has 0 aliphatic rings. The summed E-state index contributed by atoms with van der Waals surface area (Å²) in [6.45, 7) is 6.08. The van der Waals surface area contributed by atoms with Crippen molar-refractivity contribution in [3.05, 3.63) is 41.0 Å². The molecule has 0 aliphatic carbocycles. The normalized spacial score (nSPS) is 10.4. The van der Waals surface area contributed by atoms with Gasteiger partial charge in [-0.15, -0.1) is 10.2 Å². The third kappa shape index (κ3) is 5.06. The highest BCUT2D eigenvalue weighted by Gasteiger charge is 2.12. The van der Waals surface area contributed by atoms with E-state index in [2.05, 4.69) is 34.3 Å². The van der Waals surface area contributed by atoms with Crippen LogP contribution in [0.2, 0.25) is 5.02 Å². The van der Waals surface area contributed by atoms with E-state index in [4.69, 9.17) is 16.3 Å². The van der Waals surface area contributed by atoms with Gasteiger partial charge in [-0.1, -0.05) is 25.4 Å². The fourth-order valence-electron chi connectivity index (χ4n) is 2.43. The zero-order chi connectivity index (χ0) is 18.2. The quantitative estimate of drug-likeness (QED) is 0.768. The number of carbonyl (C=O) groups excluding carboxylic acids is 1. The molecule has 25 heavy (non-hydrogen) atoms. The molecular weight excluding hydrogens is 340 g/mol. The van der Waals surface area contributed by atoms with Crippen molar-refractivity contribution in [3.8, 4) is 5.75 Å². The third-order valence-corrected chi connectivity index (χ3v) is 3.90. The number of hydrogen-bond acceptors (Lipinski definition) is 5. The maximum Gasteiger partial charge on any atom is 0.276 e. The topological polar surface area (TPSA) is 67.4 Å². The number of aromatic nitrogens is 2. The van der Waals surface area contributed by atoms with E-state index < -0.39 is 0 Å². The van der Waals surface area contributed by atoms with Gasteiger partial charge in [0, 0.05) is 18.8 Å². The standard InChI is InChI=1S/C18H23ClN4O2/c1-4-10-23(11-5-2)17-9-7-15(21-22-17)18(24)20-13-6-8-16(25-3)14(19)12-13/h6-9,12H,4-5,10-11H2,1-3H3,(H,20,24). The number of rotatable bonds is 8. The predicted octanol–water partition coefficient (Wildman–Crippen LogP) is 4.02. The number of carbonyl (C=O) groups is 1. The average Bonchev–Trinajstić information content (AvgIpc) is 2.62. The van der Waals surface area contributed by atoms with Gasteiger partial charge in [0.2, 0.25) is 0 Å². The summed E-state index contributed by atoms with van der Waals surface area (Å²) in [5.41, 5.74) is 0.823. The first kappa shape index (κ1) is 19.0. The van der Waals surface area contributed by atoms with Gasteiger partial charge in [0.05, 0.1) is 12.1 Å². The first-order valence-electron chi connectivity index (χ1n) is 8.32. The fourth-order valence-corrected chi connectivity index (χ4v) is 2.69. The maximum absolute atomic E-state index is 12.3. The molecule has 6 nitrogen and oxygen atoms in total. The van der Waals surface area contributed by atoms with Gasteiger partial charge >= 0.3 is 0 Å². The molecule has 0 radical (unpaired) electrons. The summed E-state index contributed by atoms with van der Waals surface area (Å²) in [6, 6.07) is 8.55. The lowest BCUT2D eigenvalue weighted by Gasteiger charge is -2.21. The van der Waals surface area contributed by atoms with Crippen molar-refractivity contribution in [3.63, 3.8) is 0 Å². The van der Waals surface area contributed by atoms with Crippen LogP contribution in [0.3, 0.4) is 0 Å². The summed E-state index contributed by atoms with van der Waals surface area (Å²) in [4.78, 5) is 14.5. The van der Waals surface area contributed by atoms with E-state index in [1.807, 2.05) is 6.07 Å². The lowest BCUT2D eigenvalue weighted by molar-refractivity contribution is 0.102. The maximum atomic E-state index is 12.3. The number of benzene rings is 1. The summed E-state index contributed by atoms with van der Waals surface area (Å²) in [5, 5.41) is 11.4. The molecule has 7 heteroatoms. The van der Waals surface area contributed by atoms with Crippen LogP contribution in [0.1, 0.15) is 37.2 Å². The van der Waals surface area contributed by atoms with Crippen LogP contribution < -0.4 is 15.0 Å². The Hall–Kier alpha value is -2.34. The molecule has 1 amide bonds. The number of nitrogens with zero attached hydrogens (tertiary/aromatic N) is 3. The first-order chi connectivity index (χ1) is 12.1. The summed E-state index contributed by atoms with van der Waals surface area (Å²) >= 11 is 6.06. The van der Waals surface area contributed by atoms with E-state index in [0.717, 1.165) is 31.7 Å². The highest BCUT2D eigenvalue weighted by Crippen LogP contribution is 2.27. The zero-order valence-electron chi connectivity index (χ0n) is 14.8. The summed E-state index contributed by atoms with van der Waals surface area (Å²) in [5.74, 6) is 1.00. The smallest absolute Gasteiger partial charge is 0.276 e. The monoisotopic (exact) mass is 362 g/mol. The summed E-state index contributed by atoms with van der Waals surface area (Å²) in [6.07, 6.45) is 2.06. The van der Waals surface area contributed by atoms with E-state index in [-0.39, 0.29) is 11.6 Å². The molecular formula is C18H23ClN4O2. The van der Waals surface area contributed by atoms with Crippen LogP contribution in [0.4, 0.5) is 11.5 Å². The number of ether oxygens (including phenoxy) is 1. The molecule has 0 unspecified atom stereocenters. The van der Waals surface area contributed by atoms with Crippen molar-refractivity contribution in [2.45, 2.75) is 26.7 Å². The largest absolute Gasteiger partial charge is 0.495 e. The molecule has 2 rings (SSSR count). The van der Waals surface area contributed by atoms with Gasteiger partial charge in [-0.3, -0.25) is 4.79 Å². The molecule has 0 saturated heterocycles. The Bertz CT molecular complexity index is 701. The molecule has 134 valence electrons. The minimum Gasteiger partial charge on any atom is -0.495 e. The molecule has 0 aliphatic heterocycles. The minimum atomic E-state index is -0.335. The molecule has 0 atom stereocenters. The van der Waals surface area contributed by atoms with Crippen molar-refractivity contribution in [2.24, 2.45) is 0 Å². The van der Waals surface area contributed by atoms with E-state index >= 15 is 0 Å². The number of halogens is 1. The van der Waals surface area contributed by atoms with Gasteiger partial charge in [0.25, 0.3) is 5.91 Å². The lowest BCUT2D eigenvalue weighted by atomic mass is 10.2. The second kappa shape index (κ2) is 9.22. The van der Waals surface area contributed by atoms with Gasteiger partial charge in [-0.2, -0.15) is 0 Å². The van der Waals surface area contributed by atoms with Gasteiger partial charge < -0.3 is 15.0 Å². The number of nitrogens with one attached hydrogen (secondary N) is 1. The van der Waals surface area contributed by atoms with Gasteiger partial charge in [0.1, 0.15) is 5.75 Å². The predicted molar refractivity (Wildman–Crippen MR) is 101 cm³/mol. The molecule has 1 aromatic heterocycles. The van der Waals surface area contributed by atoms with Gasteiger partial charge in [-0.25, -0.2) is 0 Å². The first-order valence-corrected chi connectivity index (χ1v) is 8.70. The second-order valence-corrected chi connectivity index (χ2v) is 5.97. The Labute approximate surface area is 153 Å². The second-order valence-electron chi connectivity index (χ2n) is 5.57. The van der Waals surface area contributed by atoms with Gasteiger partial charge in [0.15, 0.2) is 11.5 Å². The highest BCUT2D eigenvalue weighted by molar-refractivity contribution is 6.32. The number of anilines is 2. The summed E-state index contributed by atoms with van der Waals surface area (Å²) < 4.78 is 5.09. The molecule has 0 fully saturated rings. The van der Waals surface area contributed by atoms with Crippen LogP contribution in [-0.2, 0) is 0 Å². The van der Waals surface area contributed by atoms with Crippen LogP contribution in [-0.4, -0.2) is 36.3 Å². The van der Waals surface area contributed by atoms with Crippen LogP contribution in [0.15, 0.2) is 30.3 Å². The van der Waals surface area contributed by atoms with Crippen LogP contribution >= 0.6 is 11.6 Å². The zero-order valence-corrected chi connectivity index (χ0v) is 15.5. The van der Waals surface area contributed by atoms with E-state index in [0.29, 0.717) is 16.5 Å². The SMILES string of the molecule is CCCN(CCC)c1ccc(C(=O)Nc2ccc(OC)c(Cl)c2)nn1. The van der Waals surface area contributed by atoms with Crippen molar-refractivity contribution in [1.82, 2.24) is 10.2 Å². The van der Waals surface area contributed by atoms with E-state index in [9.17, 15) is 4.79 Å². The Morgan fingerprint density at radius 2 is 1.88 bits per heavy atom. The molecule has 1 aromatic carbocycles. The molecule has 0 spiro atoms. The number of methoxy groups -OCH3 is 1. The fraction of sp³-hybridized carbons (Fsp3) is 0.389. The minimum absolute atomic E-state index is 0.253. The summed E-state index contributed by atoms with van der Waals surface area (Å²) in [7, 11) is 1.54. The van der Waals surface area contributed by atoms with Crippen molar-refractivity contribution in [1.29, 1.82) is 0 Å². The van der Waals surface area contributed by atoms with Crippen LogP contribution in [0.25, 0.3) is 0 Å². The number of hydrogen-bond donors (Lipinski definition) is 1. The van der Waals surface area contributed by atoms with E-state index in [1.54, 1.807) is 24.3 Å². The molecule has 2 aromatic rings. The van der Waals surface area contributed by atoms with Gasteiger partial charge in [-0.05, 0) is 43.2 Å². The Balaban J connectivity index is 2.08.